The van der Waals surface area contributed by atoms with E-state index in [-0.39, 0.29) is 11.8 Å². The fourth-order valence-electron chi connectivity index (χ4n) is 3.23. The van der Waals surface area contributed by atoms with Crippen LogP contribution in [0.15, 0.2) is 48.5 Å². The number of fused-ring (bicyclic) bond motifs is 3. The van der Waals surface area contributed by atoms with Crippen LogP contribution in [0.1, 0.15) is 36.3 Å². The Morgan fingerprint density at radius 2 is 1.55 bits per heavy atom. The topological polar surface area (TPSA) is 55.1 Å². The first-order valence-corrected chi connectivity index (χ1v) is 7.96. The standard InChI is InChI=1S/C19H22N2O/c20-11-5-6-12-21-19(22)13-18-16-9-3-1-7-14(16)15-8-2-4-10-17(15)18/h1-4,7-10,18H,5-6,11-13,20H2,(H,21,22). The zero-order valence-electron chi connectivity index (χ0n) is 12.7. The molecule has 3 N–H and O–H groups in total. The number of carbonyl (C=O) groups excluding carboxylic acids is 1. The summed E-state index contributed by atoms with van der Waals surface area (Å²) in [4.78, 5) is 12.2. The molecule has 1 aliphatic carbocycles. The van der Waals surface area contributed by atoms with E-state index in [1.807, 2.05) is 0 Å². The number of carbonyl (C=O) groups is 1. The van der Waals surface area contributed by atoms with E-state index in [1.165, 1.54) is 22.3 Å². The van der Waals surface area contributed by atoms with E-state index >= 15 is 0 Å². The smallest absolute Gasteiger partial charge is 0.220 e. The number of hydrogen-bond acceptors (Lipinski definition) is 2. The number of unbranched alkanes of at least 4 members (excludes halogenated alkanes) is 1. The van der Waals surface area contributed by atoms with Crippen molar-refractivity contribution in [2.45, 2.75) is 25.2 Å². The molecule has 0 unspecified atom stereocenters. The van der Waals surface area contributed by atoms with Gasteiger partial charge >= 0.3 is 0 Å². The zero-order chi connectivity index (χ0) is 15.4. The minimum absolute atomic E-state index is 0.119. The van der Waals surface area contributed by atoms with E-state index in [1.54, 1.807) is 0 Å². The summed E-state index contributed by atoms with van der Waals surface area (Å²) in [5, 5.41) is 3.01. The van der Waals surface area contributed by atoms with E-state index in [4.69, 9.17) is 5.73 Å². The highest BCUT2D eigenvalue weighted by molar-refractivity contribution is 5.84. The Kier molecular flexibility index (Phi) is 4.54. The van der Waals surface area contributed by atoms with Crippen LogP contribution in [0.2, 0.25) is 0 Å². The van der Waals surface area contributed by atoms with Gasteiger partial charge in [0.25, 0.3) is 0 Å². The molecule has 0 spiro atoms. The Morgan fingerprint density at radius 1 is 0.955 bits per heavy atom. The number of amides is 1. The van der Waals surface area contributed by atoms with E-state index in [0.717, 1.165) is 12.8 Å². The molecule has 2 aromatic carbocycles. The highest BCUT2D eigenvalue weighted by atomic mass is 16.1. The van der Waals surface area contributed by atoms with Crippen molar-refractivity contribution >= 4 is 5.91 Å². The molecular weight excluding hydrogens is 272 g/mol. The molecule has 0 saturated carbocycles. The van der Waals surface area contributed by atoms with Crippen LogP contribution in [0.5, 0.6) is 0 Å². The van der Waals surface area contributed by atoms with Gasteiger partial charge in [-0.3, -0.25) is 4.79 Å². The van der Waals surface area contributed by atoms with Crippen molar-refractivity contribution in [3.8, 4) is 11.1 Å². The Labute approximate surface area is 131 Å². The predicted octanol–water partition coefficient (Wildman–Crippen LogP) is 3.04. The molecule has 2 aromatic rings. The lowest BCUT2D eigenvalue weighted by atomic mass is 9.93. The molecule has 0 saturated heterocycles. The van der Waals surface area contributed by atoms with Crippen molar-refractivity contribution in [1.82, 2.24) is 5.32 Å². The zero-order valence-corrected chi connectivity index (χ0v) is 12.7. The summed E-state index contributed by atoms with van der Waals surface area (Å²) in [5.41, 5.74) is 10.5. The molecule has 22 heavy (non-hydrogen) atoms. The summed E-state index contributed by atoms with van der Waals surface area (Å²) in [7, 11) is 0. The largest absolute Gasteiger partial charge is 0.356 e. The van der Waals surface area contributed by atoms with Crippen LogP contribution in [-0.2, 0) is 4.79 Å². The highest BCUT2D eigenvalue weighted by Gasteiger charge is 2.29. The molecule has 1 amide bonds. The Balaban J connectivity index is 1.75. The van der Waals surface area contributed by atoms with Gasteiger partial charge in [-0.25, -0.2) is 0 Å². The average molecular weight is 294 g/mol. The number of nitrogens with one attached hydrogen (secondary N) is 1. The maximum absolute atomic E-state index is 12.2. The fourth-order valence-corrected chi connectivity index (χ4v) is 3.23. The first-order valence-electron chi connectivity index (χ1n) is 7.96. The van der Waals surface area contributed by atoms with Crippen molar-refractivity contribution in [2.24, 2.45) is 5.73 Å². The van der Waals surface area contributed by atoms with Crippen LogP contribution in [0, 0.1) is 0 Å². The predicted molar refractivity (Wildman–Crippen MR) is 89.6 cm³/mol. The monoisotopic (exact) mass is 294 g/mol. The van der Waals surface area contributed by atoms with Crippen molar-refractivity contribution in [2.75, 3.05) is 13.1 Å². The highest BCUT2D eigenvalue weighted by Crippen LogP contribution is 2.45. The third-order valence-electron chi connectivity index (χ3n) is 4.31. The maximum atomic E-state index is 12.2. The van der Waals surface area contributed by atoms with E-state index in [0.29, 0.717) is 19.5 Å². The first-order chi connectivity index (χ1) is 10.8. The third-order valence-corrected chi connectivity index (χ3v) is 4.31. The van der Waals surface area contributed by atoms with Crippen LogP contribution < -0.4 is 11.1 Å². The summed E-state index contributed by atoms with van der Waals surface area (Å²) in [6.45, 7) is 1.39. The lowest BCUT2D eigenvalue weighted by Gasteiger charge is -2.13. The molecule has 0 radical (unpaired) electrons. The number of rotatable bonds is 6. The van der Waals surface area contributed by atoms with Crippen molar-refractivity contribution in [3.05, 3.63) is 59.7 Å². The van der Waals surface area contributed by atoms with Gasteiger partial charge in [0.1, 0.15) is 0 Å². The number of hydrogen-bond donors (Lipinski definition) is 2. The number of nitrogens with two attached hydrogens (primary N) is 1. The molecule has 0 aromatic heterocycles. The molecule has 0 bridgehead atoms. The second-order valence-electron chi connectivity index (χ2n) is 5.78. The second-order valence-corrected chi connectivity index (χ2v) is 5.78. The first kappa shape index (κ1) is 14.8. The van der Waals surface area contributed by atoms with Crippen LogP contribution >= 0.6 is 0 Å². The van der Waals surface area contributed by atoms with Gasteiger partial charge in [0.2, 0.25) is 5.91 Å². The van der Waals surface area contributed by atoms with E-state index < -0.39 is 0 Å². The van der Waals surface area contributed by atoms with Gasteiger partial charge in [0.05, 0.1) is 0 Å². The van der Waals surface area contributed by atoms with E-state index in [2.05, 4.69) is 53.8 Å². The molecule has 1 aliphatic rings. The lowest BCUT2D eigenvalue weighted by molar-refractivity contribution is -0.121. The van der Waals surface area contributed by atoms with Gasteiger partial charge in [-0.2, -0.15) is 0 Å². The summed E-state index contributed by atoms with van der Waals surface area (Å²) in [6.07, 6.45) is 2.41. The Hall–Kier alpha value is -2.13. The summed E-state index contributed by atoms with van der Waals surface area (Å²) in [6, 6.07) is 16.8. The maximum Gasteiger partial charge on any atom is 0.220 e. The van der Waals surface area contributed by atoms with Gasteiger partial charge in [-0.05, 0) is 41.6 Å². The molecule has 0 atom stereocenters. The Morgan fingerprint density at radius 3 is 2.14 bits per heavy atom. The average Bonchev–Trinajstić information content (AvgIpc) is 2.87. The SMILES string of the molecule is NCCCCNC(=O)CC1c2ccccc2-c2ccccc21. The lowest BCUT2D eigenvalue weighted by Crippen LogP contribution is -2.26. The fraction of sp³-hybridized carbons (Fsp3) is 0.316. The summed E-state index contributed by atoms with van der Waals surface area (Å²) in [5.74, 6) is 0.287. The van der Waals surface area contributed by atoms with Gasteiger partial charge < -0.3 is 11.1 Å². The van der Waals surface area contributed by atoms with Crippen molar-refractivity contribution < 1.29 is 4.79 Å². The molecular formula is C19H22N2O. The van der Waals surface area contributed by atoms with Crippen molar-refractivity contribution in [3.63, 3.8) is 0 Å². The van der Waals surface area contributed by atoms with Gasteiger partial charge in [0.15, 0.2) is 0 Å². The van der Waals surface area contributed by atoms with Gasteiger partial charge in [0, 0.05) is 18.9 Å². The van der Waals surface area contributed by atoms with Crippen LogP contribution in [0.4, 0.5) is 0 Å². The summed E-state index contributed by atoms with van der Waals surface area (Å²) < 4.78 is 0. The normalized spacial score (nSPS) is 12.8. The quantitative estimate of drug-likeness (QED) is 0.805. The number of benzene rings is 2. The van der Waals surface area contributed by atoms with Crippen LogP contribution in [-0.4, -0.2) is 19.0 Å². The second kappa shape index (κ2) is 6.75. The third kappa shape index (κ3) is 2.90. The van der Waals surface area contributed by atoms with Gasteiger partial charge in [-0.15, -0.1) is 0 Å². The molecule has 0 fully saturated rings. The molecule has 0 heterocycles. The van der Waals surface area contributed by atoms with Crippen LogP contribution in [0.3, 0.4) is 0 Å². The molecule has 3 rings (SSSR count). The van der Waals surface area contributed by atoms with Crippen LogP contribution in [0.25, 0.3) is 11.1 Å². The molecule has 114 valence electrons. The molecule has 3 nitrogen and oxygen atoms in total. The summed E-state index contributed by atoms with van der Waals surface area (Å²) >= 11 is 0. The van der Waals surface area contributed by atoms with Gasteiger partial charge in [-0.1, -0.05) is 48.5 Å². The van der Waals surface area contributed by atoms with E-state index in [9.17, 15) is 4.79 Å². The minimum atomic E-state index is 0.119. The minimum Gasteiger partial charge on any atom is -0.356 e. The van der Waals surface area contributed by atoms with Crippen molar-refractivity contribution in [1.29, 1.82) is 0 Å². The molecule has 0 aliphatic heterocycles. The molecule has 3 heteroatoms. The Bertz CT molecular complexity index is 620.